The summed E-state index contributed by atoms with van der Waals surface area (Å²) in [4.78, 5) is 29.7. The van der Waals surface area contributed by atoms with E-state index >= 15 is 0 Å². The van der Waals surface area contributed by atoms with Gasteiger partial charge in [-0.3, -0.25) is 14.1 Å². The van der Waals surface area contributed by atoms with Crippen LogP contribution < -0.4 is 5.69 Å². The van der Waals surface area contributed by atoms with Crippen molar-refractivity contribution in [2.24, 2.45) is 0 Å². The summed E-state index contributed by atoms with van der Waals surface area (Å²) in [7, 11) is 0. The van der Waals surface area contributed by atoms with E-state index in [2.05, 4.69) is 19.9 Å². The smallest absolute Gasteiger partial charge is 0.329 e. The normalized spacial score (nSPS) is 14.7. The van der Waals surface area contributed by atoms with Gasteiger partial charge >= 0.3 is 5.69 Å². The maximum absolute atomic E-state index is 13.1. The molecule has 1 aliphatic carbocycles. The van der Waals surface area contributed by atoms with Crippen molar-refractivity contribution in [3.05, 3.63) is 51.6 Å². The second kappa shape index (κ2) is 7.46. The maximum atomic E-state index is 13.1. The van der Waals surface area contributed by atoms with Gasteiger partial charge in [-0.05, 0) is 63.6 Å². The minimum Gasteiger partial charge on any atom is -0.390 e. The largest absolute Gasteiger partial charge is 0.390 e. The lowest BCUT2D eigenvalue weighted by molar-refractivity contribution is 0.0689. The van der Waals surface area contributed by atoms with E-state index in [9.17, 15) is 9.90 Å². The van der Waals surface area contributed by atoms with Gasteiger partial charge in [0.1, 0.15) is 11.0 Å². The number of imidazole rings is 2. The topological polar surface area (TPSA) is 102 Å². The van der Waals surface area contributed by atoms with Crippen molar-refractivity contribution in [1.82, 2.24) is 29.1 Å². The van der Waals surface area contributed by atoms with Crippen LogP contribution in [0.4, 0.5) is 0 Å². The molecular weight excluding hydrogens is 416 g/mol. The zero-order chi connectivity index (χ0) is 21.8. The predicted molar refractivity (Wildman–Crippen MR) is 120 cm³/mol. The highest BCUT2D eigenvalue weighted by Gasteiger charge is 2.29. The fourth-order valence-electron chi connectivity index (χ4n) is 4.16. The lowest BCUT2D eigenvalue weighted by atomic mass is 9.99. The zero-order valence-electron chi connectivity index (χ0n) is 17.6. The third kappa shape index (κ3) is 3.97. The molecule has 0 aliphatic heterocycles. The number of hydrogen-bond donors (Lipinski definition) is 2. The summed E-state index contributed by atoms with van der Waals surface area (Å²) in [5, 5.41) is 10.4. The summed E-state index contributed by atoms with van der Waals surface area (Å²) >= 11 is 6.23. The molecule has 0 radical (unpaired) electrons. The van der Waals surface area contributed by atoms with Crippen LogP contribution in [0.15, 0.2) is 29.3 Å². The van der Waals surface area contributed by atoms with Crippen LogP contribution in [0.25, 0.3) is 22.2 Å². The Balaban J connectivity index is 1.50. The standard InChI is InChI=1S/C22H25ClN6O2/c1-22(2,31)8-3-4-13-10-17(23)25-20-19(13)26-18(27-20)12-28-16-11-24-9-7-15(16)29(21(28)30)14-5-6-14/h7,9-11,14,31H,3-6,8,12H2,1-2H3,(H,25,26,27). The van der Waals surface area contributed by atoms with Crippen LogP contribution in [0.5, 0.6) is 0 Å². The third-order valence-corrected chi connectivity index (χ3v) is 5.97. The van der Waals surface area contributed by atoms with E-state index in [0.717, 1.165) is 47.8 Å². The van der Waals surface area contributed by atoms with E-state index in [-0.39, 0.29) is 11.7 Å². The molecule has 1 saturated carbocycles. The van der Waals surface area contributed by atoms with Crippen molar-refractivity contribution in [3.63, 3.8) is 0 Å². The lowest BCUT2D eigenvalue weighted by Gasteiger charge is -2.16. The van der Waals surface area contributed by atoms with Gasteiger partial charge in [-0.2, -0.15) is 0 Å². The number of fused-ring (bicyclic) bond motifs is 2. The van der Waals surface area contributed by atoms with Crippen molar-refractivity contribution < 1.29 is 5.11 Å². The van der Waals surface area contributed by atoms with Crippen molar-refractivity contribution >= 4 is 33.8 Å². The van der Waals surface area contributed by atoms with Gasteiger partial charge in [-0.1, -0.05) is 11.6 Å². The molecule has 2 N–H and O–H groups in total. The Morgan fingerprint density at radius 3 is 2.84 bits per heavy atom. The molecule has 0 unspecified atom stereocenters. The number of aliphatic hydroxyl groups is 1. The van der Waals surface area contributed by atoms with E-state index in [1.165, 1.54) is 0 Å². The molecule has 0 amide bonds. The molecule has 1 fully saturated rings. The number of H-pyrrole nitrogens is 1. The molecule has 31 heavy (non-hydrogen) atoms. The molecule has 0 bridgehead atoms. The van der Waals surface area contributed by atoms with Gasteiger partial charge < -0.3 is 10.1 Å². The Bertz CT molecular complexity index is 1330. The van der Waals surface area contributed by atoms with Gasteiger partial charge in [0.2, 0.25) is 0 Å². The number of nitrogens with one attached hydrogen (secondary N) is 1. The van der Waals surface area contributed by atoms with Gasteiger partial charge in [0.05, 0.1) is 34.9 Å². The average Bonchev–Trinajstić information content (AvgIpc) is 3.38. The summed E-state index contributed by atoms with van der Waals surface area (Å²) in [5.74, 6) is 0.648. The predicted octanol–water partition coefficient (Wildman–Crippen LogP) is 3.60. The highest BCUT2D eigenvalue weighted by atomic mass is 35.5. The first-order valence-corrected chi connectivity index (χ1v) is 11.0. The number of nitrogens with zero attached hydrogens (tertiary/aromatic N) is 5. The molecule has 162 valence electrons. The summed E-state index contributed by atoms with van der Waals surface area (Å²) in [5.41, 5.74) is 3.34. The van der Waals surface area contributed by atoms with Gasteiger partial charge in [0.25, 0.3) is 0 Å². The number of pyridine rings is 2. The second-order valence-electron chi connectivity index (χ2n) is 8.99. The highest BCUT2D eigenvalue weighted by Crippen LogP contribution is 2.36. The third-order valence-electron chi connectivity index (χ3n) is 5.78. The summed E-state index contributed by atoms with van der Waals surface area (Å²) in [6.07, 6.45) is 7.75. The van der Waals surface area contributed by atoms with Crippen LogP contribution in [-0.4, -0.2) is 39.8 Å². The number of aryl methyl sites for hydroxylation is 1. The Hall–Kier alpha value is -2.71. The Labute approximate surface area is 183 Å². The molecule has 4 aromatic rings. The molecule has 0 aromatic carbocycles. The highest BCUT2D eigenvalue weighted by molar-refractivity contribution is 6.29. The van der Waals surface area contributed by atoms with E-state index in [1.54, 1.807) is 30.8 Å². The van der Waals surface area contributed by atoms with E-state index in [4.69, 9.17) is 11.6 Å². The molecular formula is C22H25ClN6O2. The van der Waals surface area contributed by atoms with E-state index < -0.39 is 5.60 Å². The van der Waals surface area contributed by atoms with Crippen LogP contribution in [0, 0.1) is 0 Å². The number of aromatic nitrogens is 6. The Morgan fingerprint density at radius 1 is 1.29 bits per heavy atom. The first-order valence-electron chi connectivity index (χ1n) is 10.6. The number of aromatic amines is 1. The Kier molecular flexibility index (Phi) is 4.86. The van der Waals surface area contributed by atoms with Gasteiger partial charge in [0.15, 0.2) is 5.65 Å². The molecule has 4 aromatic heterocycles. The first-order chi connectivity index (χ1) is 14.8. The van der Waals surface area contributed by atoms with Gasteiger partial charge in [-0.15, -0.1) is 0 Å². The molecule has 0 saturated heterocycles. The molecule has 8 nitrogen and oxygen atoms in total. The fraction of sp³-hybridized carbons (Fsp3) is 0.455. The molecule has 0 atom stereocenters. The first kappa shape index (κ1) is 20.2. The van der Waals surface area contributed by atoms with Crippen LogP contribution in [0.1, 0.15) is 57.0 Å². The minimum absolute atomic E-state index is 0.0395. The van der Waals surface area contributed by atoms with Crippen molar-refractivity contribution in [3.8, 4) is 0 Å². The van der Waals surface area contributed by atoms with E-state index in [1.807, 2.05) is 16.7 Å². The monoisotopic (exact) mass is 440 g/mol. The van der Waals surface area contributed by atoms with Crippen LogP contribution in [0.2, 0.25) is 5.15 Å². The van der Waals surface area contributed by atoms with Crippen molar-refractivity contribution in [2.45, 2.75) is 64.1 Å². The van der Waals surface area contributed by atoms with Crippen molar-refractivity contribution in [2.75, 3.05) is 0 Å². The van der Waals surface area contributed by atoms with Crippen LogP contribution in [0.3, 0.4) is 0 Å². The summed E-state index contributed by atoms with van der Waals surface area (Å²) in [6.45, 7) is 3.92. The van der Waals surface area contributed by atoms with Crippen molar-refractivity contribution in [1.29, 1.82) is 0 Å². The average molecular weight is 441 g/mol. The minimum atomic E-state index is -0.708. The molecule has 4 heterocycles. The van der Waals surface area contributed by atoms with Crippen LogP contribution in [-0.2, 0) is 13.0 Å². The molecule has 5 rings (SSSR count). The van der Waals surface area contributed by atoms with Gasteiger partial charge in [0, 0.05) is 12.2 Å². The Morgan fingerprint density at radius 2 is 2.10 bits per heavy atom. The fourth-order valence-corrected chi connectivity index (χ4v) is 4.38. The zero-order valence-corrected chi connectivity index (χ0v) is 18.4. The number of rotatable bonds is 7. The lowest BCUT2D eigenvalue weighted by Crippen LogP contribution is -2.24. The maximum Gasteiger partial charge on any atom is 0.329 e. The number of hydrogen-bond acceptors (Lipinski definition) is 5. The molecule has 1 aliphatic rings. The van der Waals surface area contributed by atoms with E-state index in [0.29, 0.717) is 29.6 Å². The summed E-state index contributed by atoms with van der Waals surface area (Å²) in [6, 6.07) is 4.01. The van der Waals surface area contributed by atoms with Gasteiger partial charge in [-0.25, -0.2) is 14.8 Å². The number of halogens is 1. The molecule has 9 heteroatoms. The van der Waals surface area contributed by atoms with Crippen LogP contribution >= 0.6 is 11.6 Å². The quantitative estimate of drug-likeness (QED) is 0.427. The second-order valence-corrected chi connectivity index (χ2v) is 9.37. The summed E-state index contributed by atoms with van der Waals surface area (Å²) < 4.78 is 3.59. The SMILES string of the molecule is CC(C)(O)CCCc1cc(Cl)nc2nc(Cn3c(=O)n(C4CC4)c4ccncc43)[nH]c12. The molecule has 0 spiro atoms.